The Bertz CT molecular complexity index is 803. The lowest BCUT2D eigenvalue weighted by atomic mass is 10.00. The van der Waals surface area contributed by atoms with Crippen molar-refractivity contribution in [2.24, 2.45) is 0 Å². The molecule has 8 heteroatoms. The maximum Gasteiger partial charge on any atom is 0.251 e. The average Bonchev–Trinajstić information content (AvgIpc) is 3.11. The highest BCUT2D eigenvalue weighted by atomic mass is 32.2. The second-order valence-corrected chi connectivity index (χ2v) is 8.00. The van der Waals surface area contributed by atoms with E-state index in [1.165, 1.54) is 4.31 Å². The smallest absolute Gasteiger partial charge is 0.251 e. The van der Waals surface area contributed by atoms with Gasteiger partial charge in [0.25, 0.3) is 5.89 Å². The zero-order chi connectivity index (χ0) is 17.2. The molecule has 2 heterocycles. The van der Waals surface area contributed by atoms with E-state index in [9.17, 15) is 8.42 Å². The maximum absolute atomic E-state index is 12.1. The molecule has 0 saturated carbocycles. The molecule has 1 fully saturated rings. The predicted molar refractivity (Wildman–Crippen MR) is 89.3 cm³/mol. The van der Waals surface area contributed by atoms with Crippen molar-refractivity contribution in [3.05, 3.63) is 30.2 Å². The zero-order valence-corrected chi connectivity index (χ0v) is 14.6. The largest absolute Gasteiger partial charge is 0.496 e. The molecule has 24 heavy (non-hydrogen) atoms. The number of nitrogens with zero attached hydrogens (tertiary/aromatic N) is 3. The Labute approximate surface area is 141 Å². The lowest BCUT2D eigenvalue weighted by molar-refractivity contribution is 0.286. The highest BCUT2D eigenvalue weighted by molar-refractivity contribution is 7.89. The third-order valence-electron chi connectivity index (χ3n) is 4.27. The van der Waals surface area contributed by atoms with Crippen LogP contribution in [0, 0.1) is 0 Å². The van der Waals surface area contributed by atoms with Gasteiger partial charge in [0.05, 0.1) is 24.3 Å². The topological polar surface area (TPSA) is 85.5 Å². The molecule has 1 aromatic heterocycles. The van der Waals surface area contributed by atoms with E-state index in [1.807, 2.05) is 24.3 Å². The maximum atomic E-state index is 12.1. The number of rotatable bonds is 5. The molecule has 0 bridgehead atoms. The first-order valence-corrected chi connectivity index (χ1v) is 9.60. The van der Waals surface area contributed by atoms with Gasteiger partial charge in [0, 0.05) is 13.1 Å². The highest BCUT2D eigenvalue weighted by Crippen LogP contribution is 2.32. The molecule has 1 aliphatic rings. The number of aromatic nitrogens is 2. The SMILES string of the molecule is CCS(=O)(=O)N1CCC[C@@H](c2nnc(-c3ccccc3OC)o2)C1. The van der Waals surface area contributed by atoms with Crippen molar-refractivity contribution in [1.29, 1.82) is 0 Å². The molecule has 0 aliphatic carbocycles. The third-order valence-corrected chi connectivity index (χ3v) is 6.12. The van der Waals surface area contributed by atoms with Crippen LogP contribution in [-0.2, 0) is 10.0 Å². The van der Waals surface area contributed by atoms with Crippen molar-refractivity contribution in [3.8, 4) is 17.2 Å². The molecule has 0 amide bonds. The first-order chi connectivity index (χ1) is 11.5. The molecule has 7 nitrogen and oxygen atoms in total. The molecule has 0 N–H and O–H groups in total. The van der Waals surface area contributed by atoms with E-state index in [4.69, 9.17) is 9.15 Å². The molecule has 2 aromatic rings. The minimum absolute atomic E-state index is 0.0731. The summed E-state index contributed by atoms with van der Waals surface area (Å²) < 4.78 is 36.8. The molecule has 1 saturated heterocycles. The van der Waals surface area contributed by atoms with Gasteiger partial charge in [-0.05, 0) is 31.9 Å². The van der Waals surface area contributed by atoms with E-state index in [0.717, 1.165) is 18.4 Å². The van der Waals surface area contributed by atoms with E-state index in [1.54, 1.807) is 14.0 Å². The summed E-state index contributed by atoms with van der Waals surface area (Å²) >= 11 is 0. The first kappa shape index (κ1) is 16.9. The summed E-state index contributed by atoms with van der Waals surface area (Å²) in [5.74, 6) is 1.56. The number of piperidine rings is 1. The molecule has 1 aromatic carbocycles. The molecule has 130 valence electrons. The molecule has 3 rings (SSSR count). The van der Waals surface area contributed by atoms with Crippen LogP contribution in [-0.4, -0.2) is 48.9 Å². The van der Waals surface area contributed by atoms with Crippen LogP contribution < -0.4 is 4.74 Å². The van der Waals surface area contributed by atoms with Crippen molar-refractivity contribution >= 4 is 10.0 Å². The van der Waals surface area contributed by atoms with Gasteiger partial charge >= 0.3 is 0 Å². The second-order valence-electron chi connectivity index (χ2n) is 5.74. The van der Waals surface area contributed by atoms with Crippen molar-refractivity contribution in [1.82, 2.24) is 14.5 Å². The fourth-order valence-corrected chi connectivity index (χ4v) is 4.09. The fraction of sp³-hybridized carbons (Fsp3) is 0.500. The van der Waals surface area contributed by atoms with Crippen molar-refractivity contribution in [3.63, 3.8) is 0 Å². The molecule has 0 unspecified atom stereocenters. The van der Waals surface area contributed by atoms with Gasteiger partial charge in [-0.15, -0.1) is 10.2 Å². The van der Waals surface area contributed by atoms with E-state index in [-0.39, 0.29) is 11.7 Å². The van der Waals surface area contributed by atoms with Crippen molar-refractivity contribution in [2.75, 3.05) is 26.0 Å². The molecular formula is C16H21N3O4S. The van der Waals surface area contributed by atoms with Crippen LogP contribution in [0.4, 0.5) is 0 Å². The normalized spacial score (nSPS) is 19.3. The predicted octanol–water partition coefficient (Wildman–Crippen LogP) is 2.27. The van der Waals surface area contributed by atoms with E-state index in [2.05, 4.69) is 10.2 Å². The number of benzene rings is 1. The number of methoxy groups -OCH3 is 1. The summed E-state index contributed by atoms with van der Waals surface area (Å²) in [7, 11) is -1.61. The van der Waals surface area contributed by atoms with Crippen LogP contribution in [0.3, 0.4) is 0 Å². The summed E-state index contributed by atoms with van der Waals surface area (Å²) in [6.07, 6.45) is 1.62. The standard InChI is InChI=1S/C16H21N3O4S/c1-3-24(20,21)19-10-6-7-12(11-19)15-17-18-16(23-15)13-8-4-5-9-14(13)22-2/h4-5,8-9,12H,3,6-7,10-11H2,1-2H3/t12-/m1/s1. The van der Waals surface area contributed by atoms with Crippen LogP contribution in [0.25, 0.3) is 11.5 Å². The Hall–Kier alpha value is -1.93. The Balaban J connectivity index is 1.83. The van der Waals surface area contributed by atoms with Crippen molar-refractivity contribution < 1.29 is 17.6 Å². The Morgan fingerprint density at radius 1 is 1.33 bits per heavy atom. The average molecular weight is 351 g/mol. The van der Waals surface area contributed by atoms with Crippen LogP contribution >= 0.6 is 0 Å². The molecule has 0 spiro atoms. The highest BCUT2D eigenvalue weighted by Gasteiger charge is 2.31. The Morgan fingerprint density at radius 3 is 2.88 bits per heavy atom. The quantitative estimate of drug-likeness (QED) is 0.821. The minimum Gasteiger partial charge on any atom is -0.496 e. The Kier molecular flexibility index (Phi) is 4.86. The molecular weight excluding hydrogens is 330 g/mol. The summed E-state index contributed by atoms with van der Waals surface area (Å²) in [6, 6.07) is 7.42. The zero-order valence-electron chi connectivity index (χ0n) is 13.8. The monoisotopic (exact) mass is 351 g/mol. The van der Waals surface area contributed by atoms with Gasteiger partial charge < -0.3 is 9.15 Å². The van der Waals surface area contributed by atoms with Gasteiger partial charge in [-0.2, -0.15) is 0 Å². The van der Waals surface area contributed by atoms with Gasteiger partial charge in [0.2, 0.25) is 15.9 Å². The number of sulfonamides is 1. The van der Waals surface area contributed by atoms with Crippen LogP contribution in [0.2, 0.25) is 0 Å². The van der Waals surface area contributed by atoms with E-state index >= 15 is 0 Å². The lowest BCUT2D eigenvalue weighted by Gasteiger charge is -2.29. The summed E-state index contributed by atoms with van der Waals surface area (Å²) in [5.41, 5.74) is 0.729. The summed E-state index contributed by atoms with van der Waals surface area (Å²) in [5, 5.41) is 8.25. The van der Waals surface area contributed by atoms with Gasteiger partial charge in [0.1, 0.15) is 5.75 Å². The van der Waals surface area contributed by atoms with Crippen LogP contribution in [0.15, 0.2) is 28.7 Å². The number of ether oxygens (including phenoxy) is 1. The third kappa shape index (κ3) is 3.29. The summed E-state index contributed by atoms with van der Waals surface area (Å²) in [4.78, 5) is 0. The fourth-order valence-electron chi connectivity index (χ4n) is 2.91. The van der Waals surface area contributed by atoms with Gasteiger partial charge in [0.15, 0.2) is 0 Å². The van der Waals surface area contributed by atoms with Crippen LogP contribution in [0.5, 0.6) is 5.75 Å². The van der Waals surface area contributed by atoms with Gasteiger partial charge in [-0.25, -0.2) is 12.7 Å². The lowest BCUT2D eigenvalue weighted by Crippen LogP contribution is -2.39. The first-order valence-electron chi connectivity index (χ1n) is 7.99. The Morgan fingerprint density at radius 2 is 2.12 bits per heavy atom. The van der Waals surface area contributed by atoms with Crippen LogP contribution in [0.1, 0.15) is 31.6 Å². The van der Waals surface area contributed by atoms with Gasteiger partial charge in [-0.1, -0.05) is 12.1 Å². The number of para-hydroxylation sites is 1. The van der Waals surface area contributed by atoms with E-state index < -0.39 is 10.0 Å². The molecule has 0 radical (unpaired) electrons. The minimum atomic E-state index is -3.19. The number of hydrogen-bond donors (Lipinski definition) is 0. The second kappa shape index (κ2) is 6.90. The van der Waals surface area contributed by atoms with E-state index in [0.29, 0.717) is 30.6 Å². The van der Waals surface area contributed by atoms with Crippen molar-refractivity contribution in [2.45, 2.75) is 25.7 Å². The summed E-state index contributed by atoms with van der Waals surface area (Å²) in [6.45, 7) is 2.61. The van der Waals surface area contributed by atoms with Gasteiger partial charge in [-0.3, -0.25) is 0 Å². The number of hydrogen-bond acceptors (Lipinski definition) is 6. The molecule has 1 aliphatic heterocycles. The molecule has 1 atom stereocenters.